The molecule has 2 heterocycles. The number of hydrogen-bond acceptors (Lipinski definition) is 5. The first-order chi connectivity index (χ1) is 13.6. The normalized spacial score (nSPS) is 10.8. The molecule has 0 spiro atoms. The molecule has 0 unspecified atom stereocenters. The number of pyridine rings is 1. The Morgan fingerprint density at radius 3 is 2.68 bits per heavy atom. The van der Waals surface area contributed by atoms with Gasteiger partial charge in [-0.3, -0.25) is 9.78 Å². The van der Waals surface area contributed by atoms with Crippen LogP contribution in [-0.2, 0) is 0 Å². The molecule has 6 nitrogen and oxygen atoms in total. The maximum atomic E-state index is 11.7. The van der Waals surface area contributed by atoms with E-state index in [0.717, 1.165) is 26.5 Å². The fraction of sp³-hybridized carbons (Fsp3) is 0.0500. The number of rotatable bonds is 5. The van der Waals surface area contributed by atoms with Crippen molar-refractivity contribution in [1.82, 2.24) is 20.3 Å². The SMILES string of the molecule is CNC(=O)c1cc(Sc2ccc(Nc3nc4ccc(Cl)cc4[nH]3)cc2)ccn1. The lowest BCUT2D eigenvalue weighted by Crippen LogP contribution is -2.18. The van der Waals surface area contributed by atoms with Crippen LogP contribution >= 0.6 is 23.4 Å². The van der Waals surface area contributed by atoms with Crippen molar-refractivity contribution in [3.05, 3.63) is 71.5 Å². The van der Waals surface area contributed by atoms with Gasteiger partial charge >= 0.3 is 0 Å². The third kappa shape index (κ3) is 4.11. The van der Waals surface area contributed by atoms with Crippen LogP contribution in [0.2, 0.25) is 5.02 Å². The number of anilines is 2. The summed E-state index contributed by atoms with van der Waals surface area (Å²) in [7, 11) is 1.59. The van der Waals surface area contributed by atoms with Crippen LogP contribution in [0.25, 0.3) is 11.0 Å². The molecule has 0 aliphatic carbocycles. The molecule has 0 fully saturated rings. The summed E-state index contributed by atoms with van der Waals surface area (Å²) in [4.78, 5) is 25.5. The van der Waals surface area contributed by atoms with Crippen LogP contribution in [-0.4, -0.2) is 27.9 Å². The van der Waals surface area contributed by atoms with E-state index in [1.54, 1.807) is 31.1 Å². The molecule has 4 aromatic rings. The minimum Gasteiger partial charge on any atom is -0.354 e. The number of halogens is 1. The standard InChI is InChI=1S/C20H16ClN5OS/c1-22-19(27)18-11-15(8-9-23-18)28-14-5-3-13(4-6-14)24-20-25-16-7-2-12(21)10-17(16)26-20/h2-11H,1H3,(H,22,27)(H2,24,25,26). The smallest absolute Gasteiger partial charge is 0.269 e. The number of imidazole rings is 1. The summed E-state index contributed by atoms with van der Waals surface area (Å²) in [5, 5.41) is 6.50. The van der Waals surface area contributed by atoms with E-state index < -0.39 is 0 Å². The molecule has 1 amide bonds. The maximum Gasteiger partial charge on any atom is 0.269 e. The zero-order valence-electron chi connectivity index (χ0n) is 14.9. The number of carbonyl (C=O) groups excluding carboxylic acids is 1. The number of aromatic amines is 1. The Morgan fingerprint density at radius 2 is 1.89 bits per heavy atom. The second-order valence-electron chi connectivity index (χ2n) is 5.95. The number of nitrogens with one attached hydrogen (secondary N) is 3. The average molecular weight is 410 g/mol. The topological polar surface area (TPSA) is 82.7 Å². The van der Waals surface area contributed by atoms with Gasteiger partial charge in [0.05, 0.1) is 11.0 Å². The fourth-order valence-electron chi connectivity index (χ4n) is 2.65. The number of fused-ring (bicyclic) bond motifs is 1. The van der Waals surface area contributed by atoms with Crippen molar-refractivity contribution in [1.29, 1.82) is 0 Å². The van der Waals surface area contributed by atoms with E-state index in [1.807, 2.05) is 48.5 Å². The largest absolute Gasteiger partial charge is 0.354 e. The Labute approximate surface area is 170 Å². The minimum absolute atomic E-state index is 0.200. The highest BCUT2D eigenvalue weighted by molar-refractivity contribution is 7.99. The van der Waals surface area contributed by atoms with Crippen LogP contribution in [0.15, 0.2) is 70.6 Å². The van der Waals surface area contributed by atoms with Crippen LogP contribution < -0.4 is 10.6 Å². The van der Waals surface area contributed by atoms with E-state index in [0.29, 0.717) is 16.7 Å². The maximum absolute atomic E-state index is 11.7. The summed E-state index contributed by atoms with van der Waals surface area (Å²) in [5.74, 6) is 0.455. The number of carbonyl (C=O) groups is 1. The van der Waals surface area contributed by atoms with Crippen molar-refractivity contribution in [3.63, 3.8) is 0 Å². The van der Waals surface area contributed by atoms with Gasteiger partial charge in [0.1, 0.15) is 5.69 Å². The molecular formula is C20H16ClN5OS. The van der Waals surface area contributed by atoms with Gasteiger partial charge in [0, 0.05) is 33.7 Å². The molecule has 140 valence electrons. The molecule has 0 atom stereocenters. The molecule has 2 aromatic heterocycles. The first kappa shape index (κ1) is 18.3. The Bertz CT molecular complexity index is 1140. The van der Waals surface area contributed by atoms with Crippen LogP contribution in [0.1, 0.15) is 10.5 Å². The van der Waals surface area contributed by atoms with E-state index in [1.165, 1.54) is 0 Å². The molecule has 0 aliphatic rings. The van der Waals surface area contributed by atoms with E-state index in [2.05, 4.69) is 25.6 Å². The highest BCUT2D eigenvalue weighted by atomic mass is 35.5. The van der Waals surface area contributed by atoms with Gasteiger partial charge < -0.3 is 15.6 Å². The number of aromatic nitrogens is 3. The van der Waals surface area contributed by atoms with Gasteiger partial charge in [0.25, 0.3) is 5.91 Å². The number of hydrogen-bond donors (Lipinski definition) is 3. The van der Waals surface area contributed by atoms with Gasteiger partial charge in [-0.15, -0.1) is 0 Å². The Kier molecular flexibility index (Phi) is 5.18. The predicted molar refractivity (Wildman–Crippen MR) is 113 cm³/mol. The third-order valence-electron chi connectivity index (χ3n) is 3.99. The molecule has 3 N–H and O–H groups in total. The molecule has 0 bridgehead atoms. The van der Waals surface area contributed by atoms with Gasteiger partial charge in [-0.2, -0.15) is 0 Å². The first-order valence-electron chi connectivity index (χ1n) is 8.49. The highest BCUT2D eigenvalue weighted by Crippen LogP contribution is 2.29. The quantitative estimate of drug-likeness (QED) is 0.438. The van der Waals surface area contributed by atoms with Crippen molar-refractivity contribution in [2.24, 2.45) is 0 Å². The Balaban J connectivity index is 1.47. The van der Waals surface area contributed by atoms with Crippen molar-refractivity contribution in [2.75, 3.05) is 12.4 Å². The lowest BCUT2D eigenvalue weighted by molar-refractivity contribution is 0.0958. The number of H-pyrrole nitrogens is 1. The minimum atomic E-state index is -0.200. The predicted octanol–water partition coefficient (Wildman–Crippen LogP) is 4.87. The molecule has 0 aliphatic heterocycles. The van der Waals surface area contributed by atoms with E-state index >= 15 is 0 Å². The summed E-state index contributed by atoms with van der Waals surface area (Å²) in [5.41, 5.74) is 3.04. The van der Waals surface area contributed by atoms with Crippen molar-refractivity contribution >= 4 is 51.9 Å². The van der Waals surface area contributed by atoms with E-state index in [4.69, 9.17) is 11.6 Å². The van der Waals surface area contributed by atoms with Crippen molar-refractivity contribution in [2.45, 2.75) is 9.79 Å². The van der Waals surface area contributed by atoms with Gasteiger partial charge in [0.2, 0.25) is 5.95 Å². The monoisotopic (exact) mass is 409 g/mol. The van der Waals surface area contributed by atoms with Crippen molar-refractivity contribution in [3.8, 4) is 0 Å². The fourth-order valence-corrected chi connectivity index (χ4v) is 3.66. The summed E-state index contributed by atoms with van der Waals surface area (Å²) >= 11 is 7.57. The highest BCUT2D eigenvalue weighted by Gasteiger charge is 2.07. The lowest BCUT2D eigenvalue weighted by atomic mass is 10.3. The number of benzene rings is 2. The second kappa shape index (κ2) is 7.92. The van der Waals surface area contributed by atoms with Gasteiger partial charge in [-0.05, 0) is 54.6 Å². The summed E-state index contributed by atoms with van der Waals surface area (Å²) < 4.78 is 0. The molecular weight excluding hydrogens is 394 g/mol. The van der Waals surface area contributed by atoms with Crippen LogP contribution in [0.4, 0.5) is 11.6 Å². The second-order valence-corrected chi connectivity index (χ2v) is 7.54. The molecule has 0 radical (unpaired) electrons. The van der Waals surface area contributed by atoms with Crippen molar-refractivity contribution < 1.29 is 4.79 Å². The number of nitrogens with zero attached hydrogens (tertiary/aromatic N) is 2. The van der Waals surface area contributed by atoms with E-state index in [9.17, 15) is 4.79 Å². The summed E-state index contributed by atoms with van der Waals surface area (Å²) in [6.45, 7) is 0. The zero-order chi connectivity index (χ0) is 19.5. The Morgan fingerprint density at radius 1 is 1.07 bits per heavy atom. The van der Waals surface area contributed by atoms with Crippen LogP contribution in [0.3, 0.4) is 0 Å². The summed E-state index contributed by atoms with van der Waals surface area (Å²) in [6.07, 6.45) is 1.64. The Hall–Kier alpha value is -3.03. The molecule has 2 aromatic carbocycles. The molecule has 0 saturated heterocycles. The first-order valence-corrected chi connectivity index (χ1v) is 9.68. The van der Waals surface area contributed by atoms with Gasteiger partial charge in [0.15, 0.2) is 0 Å². The van der Waals surface area contributed by atoms with Crippen LogP contribution in [0.5, 0.6) is 0 Å². The lowest BCUT2D eigenvalue weighted by Gasteiger charge is -2.06. The molecule has 0 saturated carbocycles. The summed E-state index contributed by atoms with van der Waals surface area (Å²) in [6, 6.07) is 17.1. The molecule has 4 rings (SSSR count). The number of amides is 1. The third-order valence-corrected chi connectivity index (χ3v) is 5.22. The molecule has 8 heteroatoms. The van der Waals surface area contributed by atoms with Gasteiger partial charge in [-0.1, -0.05) is 23.4 Å². The van der Waals surface area contributed by atoms with E-state index in [-0.39, 0.29) is 5.91 Å². The average Bonchev–Trinajstić information content (AvgIpc) is 3.10. The zero-order valence-corrected chi connectivity index (χ0v) is 16.4. The van der Waals surface area contributed by atoms with Gasteiger partial charge in [-0.25, -0.2) is 4.98 Å². The molecule has 28 heavy (non-hydrogen) atoms. The van der Waals surface area contributed by atoms with Crippen LogP contribution in [0, 0.1) is 0 Å².